The number of benzene rings is 2. The number of nitrogens with one attached hydrogen (secondary N) is 1. The van der Waals surface area contributed by atoms with Gasteiger partial charge < -0.3 is 16.0 Å². The predicted octanol–water partition coefficient (Wildman–Crippen LogP) is 2.39. The van der Waals surface area contributed by atoms with Crippen molar-refractivity contribution in [3.8, 4) is 11.1 Å². The summed E-state index contributed by atoms with van der Waals surface area (Å²) in [5.74, 6) is -0.252. The molecule has 1 amide bonds. The molecule has 4 rings (SSSR count). The van der Waals surface area contributed by atoms with Crippen molar-refractivity contribution in [3.05, 3.63) is 76.7 Å². The van der Waals surface area contributed by atoms with E-state index in [4.69, 9.17) is 5.73 Å². The molecule has 7 heteroatoms. The number of pyridine rings is 1. The Morgan fingerprint density at radius 2 is 1.90 bits per heavy atom. The van der Waals surface area contributed by atoms with Crippen LogP contribution < -0.4 is 16.6 Å². The summed E-state index contributed by atoms with van der Waals surface area (Å²) >= 11 is 0. The van der Waals surface area contributed by atoms with E-state index in [1.165, 1.54) is 4.40 Å². The normalized spacial score (nSPS) is 11.3. The number of amides is 1. The number of carbonyl (C=O) groups excluding carboxylic acids is 1. The summed E-state index contributed by atoms with van der Waals surface area (Å²) in [4.78, 5) is 32.4. The number of likely N-dealkylation sites (N-methyl/N-ethyl adjacent to an activating group) is 1. The van der Waals surface area contributed by atoms with Gasteiger partial charge >= 0.3 is 0 Å². The van der Waals surface area contributed by atoms with Crippen LogP contribution in [0.25, 0.3) is 27.7 Å². The van der Waals surface area contributed by atoms with E-state index < -0.39 is 0 Å². The first-order valence-electron chi connectivity index (χ1n) is 9.68. The van der Waals surface area contributed by atoms with E-state index in [0.29, 0.717) is 34.3 Å². The van der Waals surface area contributed by atoms with Gasteiger partial charge in [0, 0.05) is 25.0 Å². The molecular formula is C23H23N5O2. The third kappa shape index (κ3) is 3.75. The predicted molar refractivity (Wildman–Crippen MR) is 120 cm³/mol. The zero-order valence-electron chi connectivity index (χ0n) is 16.9. The molecule has 0 saturated heterocycles. The summed E-state index contributed by atoms with van der Waals surface area (Å²) in [5, 5.41) is 3.36. The first-order valence-corrected chi connectivity index (χ1v) is 9.68. The molecule has 0 atom stereocenters. The highest BCUT2D eigenvalue weighted by molar-refractivity contribution is 6.00. The molecule has 0 saturated carbocycles. The Balaban J connectivity index is 1.80. The van der Waals surface area contributed by atoms with E-state index in [2.05, 4.69) is 10.3 Å². The van der Waals surface area contributed by atoms with E-state index in [9.17, 15) is 9.59 Å². The van der Waals surface area contributed by atoms with Crippen LogP contribution in [0.15, 0.2) is 65.6 Å². The average Bonchev–Trinajstić information content (AvgIpc) is 2.73. The van der Waals surface area contributed by atoms with E-state index in [1.54, 1.807) is 24.4 Å². The highest BCUT2D eigenvalue weighted by atomic mass is 16.2. The minimum absolute atomic E-state index is 0.219. The van der Waals surface area contributed by atoms with Crippen LogP contribution in [0.4, 0.5) is 5.69 Å². The summed E-state index contributed by atoms with van der Waals surface area (Å²) in [6, 6.07) is 16.4. The van der Waals surface area contributed by atoms with Crippen molar-refractivity contribution in [2.24, 2.45) is 0 Å². The molecule has 7 nitrogen and oxygen atoms in total. The van der Waals surface area contributed by atoms with Gasteiger partial charge in [0.05, 0.1) is 16.5 Å². The molecule has 0 aliphatic rings. The van der Waals surface area contributed by atoms with Crippen molar-refractivity contribution in [1.29, 1.82) is 0 Å². The number of aromatic nitrogens is 2. The number of hydrogen-bond donors (Lipinski definition) is 2. The monoisotopic (exact) mass is 401 g/mol. The largest absolute Gasteiger partial charge is 0.399 e. The summed E-state index contributed by atoms with van der Waals surface area (Å²) in [7, 11) is 3.88. The minimum atomic E-state index is -0.252. The van der Waals surface area contributed by atoms with Gasteiger partial charge in [0.1, 0.15) is 0 Å². The van der Waals surface area contributed by atoms with E-state index in [1.807, 2.05) is 55.4 Å². The van der Waals surface area contributed by atoms with Crippen LogP contribution in [-0.4, -0.2) is 47.4 Å². The van der Waals surface area contributed by atoms with Crippen molar-refractivity contribution in [1.82, 2.24) is 19.6 Å². The first kappa shape index (κ1) is 19.6. The maximum absolute atomic E-state index is 13.2. The molecule has 0 fully saturated rings. The van der Waals surface area contributed by atoms with Crippen LogP contribution in [-0.2, 0) is 0 Å². The Morgan fingerprint density at radius 3 is 2.67 bits per heavy atom. The van der Waals surface area contributed by atoms with Gasteiger partial charge in [-0.25, -0.2) is 4.98 Å². The SMILES string of the molecule is CN(C)CCNC(=O)c1cccn2c(=O)c3cc(-c4cccc(N)c4)ccc3nc12. The minimum Gasteiger partial charge on any atom is -0.399 e. The third-order valence-corrected chi connectivity index (χ3v) is 4.95. The molecule has 0 aliphatic carbocycles. The maximum Gasteiger partial charge on any atom is 0.265 e. The molecule has 0 radical (unpaired) electrons. The number of nitrogen functional groups attached to an aromatic ring is 1. The fourth-order valence-electron chi connectivity index (χ4n) is 3.39. The van der Waals surface area contributed by atoms with E-state index in [0.717, 1.165) is 17.7 Å². The van der Waals surface area contributed by atoms with Gasteiger partial charge in [-0.3, -0.25) is 14.0 Å². The van der Waals surface area contributed by atoms with Crippen LogP contribution in [0.3, 0.4) is 0 Å². The second-order valence-corrected chi connectivity index (χ2v) is 7.45. The first-order chi connectivity index (χ1) is 14.4. The van der Waals surface area contributed by atoms with Crippen molar-refractivity contribution in [2.45, 2.75) is 0 Å². The van der Waals surface area contributed by atoms with Crippen molar-refractivity contribution < 1.29 is 4.79 Å². The number of carbonyl (C=O) groups is 1. The zero-order chi connectivity index (χ0) is 21.3. The molecule has 0 bridgehead atoms. The van der Waals surface area contributed by atoms with Gasteiger partial charge in [-0.05, 0) is 61.6 Å². The summed E-state index contributed by atoms with van der Waals surface area (Å²) in [6.45, 7) is 1.23. The zero-order valence-corrected chi connectivity index (χ0v) is 16.9. The molecule has 152 valence electrons. The third-order valence-electron chi connectivity index (χ3n) is 4.95. The van der Waals surface area contributed by atoms with Crippen molar-refractivity contribution in [3.63, 3.8) is 0 Å². The number of nitrogens with two attached hydrogens (primary N) is 1. The number of rotatable bonds is 5. The molecule has 0 aliphatic heterocycles. The fraction of sp³-hybridized carbons (Fsp3) is 0.174. The molecular weight excluding hydrogens is 378 g/mol. The number of fused-ring (bicyclic) bond motifs is 2. The van der Waals surface area contributed by atoms with Crippen LogP contribution in [0.5, 0.6) is 0 Å². The van der Waals surface area contributed by atoms with Crippen molar-refractivity contribution >= 4 is 28.1 Å². The Hall–Kier alpha value is -3.71. The van der Waals surface area contributed by atoms with Crippen LogP contribution in [0, 0.1) is 0 Å². The number of nitrogens with zero attached hydrogens (tertiary/aromatic N) is 3. The molecule has 2 heterocycles. The van der Waals surface area contributed by atoms with Gasteiger partial charge in [-0.15, -0.1) is 0 Å². The summed E-state index contributed by atoms with van der Waals surface area (Å²) < 4.78 is 1.42. The lowest BCUT2D eigenvalue weighted by molar-refractivity contribution is 0.0952. The lowest BCUT2D eigenvalue weighted by Gasteiger charge is -2.12. The molecule has 2 aromatic heterocycles. The summed E-state index contributed by atoms with van der Waals surface area (Å²) in [6.07, 6.45) is 1.63. The highest BCUT2D eigenvalue weighted by Crippen LogP contribution is 2.24. The quantitative estimate of drug-likeness (QED) is 0.396. The Labute approximate surface area is 173 Å². The molecule has 30 heavy (non-hydrogen) atoms. The summed E-state index contributed by atoms with van der Waals surface area (Å²) in [5.41, 5.74) is 9.39. The van der Waals surface area contributed by atoms with E-state index in [-0.39, 0.29) is 11.5 Å². The van der Waals surface area contributed by atoms with Crippen LogP contribution in [0.2, 0.25) is 0 Å². The molecule has 3 N–H and O–H groups in total. The second kappa shape index (κ2) is 7.96. The van der Waals surface area contributed by atoms with Gasteiger partial charge in [0.25, 0.3) is 11.5 Å². The lowest BCUT2D eigenvalue weighted by Crippen LogP contribution is -2.32. The average molecular weight is 401 g/mol. The number of hydrogen-bond acceptors (Lipinski definition) is 5. The van der Waals surface area contributed by atoms with Gasteiger partial charge in [-0.2, -0.15) is 0 Å². The molecule has 4 aromatic rings. The lowest BCUT2D eigenvalue weighted by atomic mass is 10.0. The highest BCUT2D eigenvalue weighted by Gasteiger charge is 2.14. The Kier molecular flexibility index (Phi) is 5.20. The number of anilines is 1. The van der Waals surface area contributed by atoms with Gasteiger partial charge in [-0.1, -0.05) is 18.2 Å². The maximum atomic E-state index is 13.2. The standard InChI is InChI=1S/C23H23N5O2/c1-27(2)12-10-25-22(29)18-7-4-11-28-21(18)26-20-9-8-16(14-19(20)23(28)30)15-5-3-6-17(24)13-15/h3-9,11,13-14H,10,12,24H2,1-2H3,(H,25,29). The van der Waals surface area contributed by atoms with Crippen LogP contribution in [0.1, 0.15) is 10.4 Å². The van der Waals surface area contributed by atoms with Gasteiger partial charge in [0.15, 0.2) is 5.65 Å². The topological polar surface area (TPSA) is 92.7 Å². The van der Waals surface area contributed by atoms with E-state index >= 15 is 0 Å². The van der Waals surface area contributed by atoms with Gasteiger partial charge in [0.2, 0.25) is 0 Å². The Morgan fingerprint density at radius 1 is 1.10 bits per heavy atom. The van der Waals surface area contributed by atoms with Crippen molar-refractivity contribution in [2.75, 3.05) is 32.9 Å². The second-order valence-electron chi connectivity index (χ2n) is 7.45. The Bertz CT molecular complexity index is 1310. The smallest absolute Gasteiger partial charge is 0.265 e. The molecule has 2 aromatic carbocycles. The van der Waals surface area contributed by atoms with Crippen LogP contribution >= 0.6 is 0 Å². The molecule has 0 spiro atoms. The molecule has 0 unspecified atom stereocenters. The fourth-order valence-corrected chi connectivity index (χ4v) is 3.39.